The monoisotopic (exact) mass is 289 g/mol. The van der Waals surface area contributed by atoms with E-state index >= 15 is 0 Å². The Morgan fingerprint density at radius 2 is 1.90 bits per heavy atom. The quantitative estimate of drug-likeness (QED) is 0.797. The molecule has 0 radical (unpaired) electrons. The first kappa shape index (κ1) is 14.2. The lowest BCUT2D eigenvalue weighted by atomic mass is 10.1. The molecule has 1 aromatic heterocycles. The minimum Gasteiger partial charge on any atom is -0.444 e. The summed E-state index contributed by atoms with van der Waals surface area (Å²) in [6, 6.07) is 4.05. The van der Waals surface area contributed by atoms with Crippen LogP contribution in [0, 0.1) is 0 Å². The standard InChI is InChI=1S/C16H23N3O2/c1-15(2,3)21-14(20)19-11-10-18(12-16(19)6-7-16)13-4-8-17-9-5-13/h4-5,8-9H,6-7,10-12H2,1-3H3. The molecule has 2 fully saturated rings. The number of piperazine rings is 1. The highest BCUT2D eigenvalue weighted by molar-refractivity contribution is 5.71. The van der Waals surface area contributed by atoms with E-state index in [1.54, 1.807) is 0 Å². The third kappa shape index (κ3) is 2.96. The number of ether oxygens (including phenoxy) is 1. The van der Waals surface area contributed by atoms with Gasteiger partial charge in [-0.2, -0.15) is 0 Å². The molecule has 2 aliphatic rings. The molecule has 0 N–H and O–H groups in total. The lowest BCUT2D eigenvalue weighted by Crippen LogP contribution is -2.58. The van der Waals surface area contributed by atoms with Crippen molar-refractivity contribution in [2.45, 2.75) is 44.8 Å². The van der Waals surface area contributed by atoms with Crippen molar-refractivity contribution in [3.63, 3.8) is 0 Å². The Bertz CT molecular complexity index is 520. The molecule has 1 spiro atoms. The molecular weight excluding hydrogens is 266 g/mol. The molecule has 3 rings (SSSR count). The molecule has 2 heterocycles. The second-order valence-electron chi connectivity index (χ2n) is 6.98. The van der Waals surface area contributed by atoms with Crippen molar-refractivity contribution < 1.29 is 9.53 Å². The highest BCUT2D eigenvalue weighted by Crippen LogP contribution is 2.45. The largest absolute Gasteiger partial charge is 0.444 e. The van der Waals surface area contributed by atoms with E-state index in [0.717, 1.165) is 32.5 Å². The van der Waals surface area contributed by atoms with Gasteiger partial charge in [-0.15, -0.1) is 0 Å². The zero-order valence-corrected chi connectivity index (χ0v) is 13.0. The third-order valence-electron chi connectivity index (χ3n) is 4.12. The number of hydrogen-bond donors (Lipinski definition) is 0. The fourth-order valence-electron chi connectivity index (χ4n) is 2.93. The van der Waals surface area contributed by atoms with Gasteiger partial charge in [-0.1, -0.05) is 0 Å². The van der Waals surface area contributed by atoms with Gasteiger partial charge in [-0.3, -0.25) is 9.88 Å². The number of rotatable bonds is 1. The maximum Gasteiger partial charge on any atom is 0.410 e. The van der Waals surface area contributed by atoms with E-state index in [-0.39, 0.29) is 11.6 Å². The lowest BCUT2D eigenvalue weighted by molar-refractivity contribution is 0.0106. The van der Waals surface area contributed by atoms with E-state index in [2.05, 4.69) is 9.88 Å². The Balaban J connectivity index is 1.71. The number of hydrogen-bond acceptors (Lipinski definition) is 4. The first-order valence-electron chi connectivity index (χ1n) is 7.55. The number of aromatic nitrogens is 1. The number of carbonyl (C=O) groups is 1. The Labute approximate surface area is 125 Å². The molecule has 114 valence electrons. The van der Waals surface area contributed by atoms with Crippen LogP contribution in [0.15, 0.2) is 24.5 Å². The van der Waals surface area contributed by atoms with Gasteiger partial charge in [0, 0.05) is 37.7 Å². The van der Waals surface area contributed by atoms with Crippen LogP contribution in [0.25, 0.3) is 0 Å². The van der Waals surface area contributed by atoms with Gasteiger partial charge in [0.05, 0.1) is 5.54 Å². The summed E-state index contributed by atoms with van der Waals surface area (Å²) in [5.41, 5.74) is 0.722. The van der Waals surface area contributed by atoms with Crippen LogP contribution in [-0.2, 0) is 4.74 Å². The smallest absolute Gasteiger partial charge is 0.410 e. The zero-order chi connectivity index (χ0) is 15.1. The van der Waals surface area contributed by atoms with E-state index in [0.29, 0.717) is 0 Å². The van der Waals surface area contributed by atoms with Crippen molar-refractivity contribution in [2.24, 2.45) is 0 Å². The van der Waals surface area contributed by atoms with Crippen molar-refractivity contribution in [2.75, 3.05) is 24.5 Å². The van der Waals surface area contributed by atoms with E-state index in [1.807, 2.05) is 50.2 Å². The molecule has 0 aromatic carbocycles. The van der Waals surface area contributed by atoms with Gasteiger partial charge >= 0.3 is 6.09 Å². The normalized spacial score (nSPS) is 20.5. The number of pyridine rings is 1. The second-order valence-corrected chi connectivity index (χ2v) is 6.98. The summed E-state index contributed by atoms with van der Waals surface area (Å²) < 4.78 is 5.55. The predicted molar refractivity (Wildman–Crippen MR) is 81.4 cm³/mol. The third-order valence-corrected chi connectivity index (χ3v) is 4.12. The van der Waals surface area contributed by atoms with Gasteiger partial charge in [0.15, 0.2) is 0 Å². The topological polar surface area (TPSA) is 45.7 Å². The van der Waals surface area contributed by atoms with Crippen LogP contribution >= 0.6 is 0 Å². The van der Waals surface area contributed by atoms with E-state index < -0.39 is 5.60 Å². The molecule has 0 atom stereocenters. The summed E-state index contributed by atoms with van der Waals surface area (Å²) in [6.45, 7) is 8.19. The maximum atomic E-state index is 12.4. The van der Waals surface area contributed by atoms with Gasteiger partial charge in [-0.25, -0.2) is 4.79 Å². The van der Waals surface area contributed by atoms with Crippen LogP contribution in [0.5, 0.6) is 0 Å². The first-order valence-corrected chi connectivity index (χ1v) is 7.55. The fourth-order valence-corrected chi connectivity index (χ4v) is 2.93. The average Bonchev–Trinajstić information content (AvgIpc) is 3.17. The Hall–Kier alpha value is -1.78. The first-order chi connectivity index (χ1) is 9.90. The van der Waals surface area contributed by atoms with Crippen LogP contribution in [0.4, 0.5) is 10.5 Å². The Morgan fingerprint density at radius 1 is 1.24 bits per heavy atom. The minimum atomic E-state index is -0.435. The summed E-state index contributed by atoms with van der Waals surface area (Å²) in [7, 11) is 0. The van der Waals surface area contributed by atoms with E-state index in [1.165, 1.54) is 5.69 Å². The molecule has 1 saturated carbocycles. The van der Waals surface area contributed by atoms with Gasteiger partial charge in [0.25, 0.3) is 0 Å². The molecule has 0 unspecified atom stereocenters. The summed E-state index contributed by atoms with van der Waals surface area (Å²) >= 11 is 0. The highest BCUT2D eigenvalue weighted by atomic mass is 16.6. The van der Waals surface area contributed by atoms with Crippen molar-refractivity contribution >= 4 is 11.8 Å². The van der Waals surface area contributed by atoms with Crippen molar-refractivity contribution in [3.8, 4) is 0 Å². The van der Waals surface area contributed by atoms with Crippen LogP contribution in [0.3, 0.4) is 0 Å². The molecule has 0 bridgehead atoms. The van der Waals surface area contributed by atoms with Crippen LogP contribution < -0.4 is 4.90 Å². The van der Waals surface area contributed by atoms with Gasteiger partial charge in [-0.05, 0) is 45.7 Å². The zero-order valence-electron chi connectivity index (χ0n) is 13.0. The molecule has 1 amide bonds. The minimum absolute atomic E-state index is 0.0240. The number of amides is 1. The number of carbonyl (C=O) groups excluding carboxylic acids is 1. The maximum absolute atomic E-state index is 12.4. The summed E-state index contributed by atoms with van der Waals surface area (Å²) in [6.07, 6.45) is 5.58. The molecule has 1 aliphatic carbocycles. The molecule has 5 heteroatoms. The second kappa shape index (κ2) is 4.90. The van der Waals surface area contributed by atoms with Crippen LogP contribution in [-0.4, -0.2) is 46.8 Å². The molecule has 21 heavy (non-hydrogen) atoms. The Morgan fingerprint density at radius 3 is 2.48 bits per heavy atom. The van der Waals surface area contributed by atoms with Gasteiger partial charge in [0.1, 0.15) is 5.60 Å². The summed E-state index contributed by atoms with van der Waals surface area (Å²) in [5.74, 6) is 0. The molecule has 1 saturated heterocycles. The molecule has 5 nitrogen and oxygen atoms in total. The van der Waals surface area contributed by atoms with Gasteiger partial charge < -0.3 is 9.64 Å². The van der Waals surface area contributed by atoms with E-state index in [9.17, 15) is 4.79 Å². The molecule has 1 aliphatic heterocycles. The van der Waals surface area contributed by atoms with Crippen LogP contribution in [0.2, 0.25) is 0 Å². The lowest BCUT2D eigenvalue weighted by Gasteiger charge is -2.43. The summed E-state index contributed by atoms with van der Waals surface area (Å²) in [5, 5.41) is 0. The van der Waals surface area contributed by atoms with E-state index in [4.69, 9.17) is 4.74 Å². The van der Waals surface area contributed by atoms with Gasteiger partial charge in [0.2, 0.25) is 0 Å². The average molecular weight is 289 g/mol. The van der Waals surface area contributed by atoms with Crippen molar-refractivity contribution in [3.05, 3.63) is 24.5 Å². The van der Waals surface area contributed by atoms with Crippen molar-refractivity contribution in [1.29, 1.82) is 0 Å². The number of nitrogens with zero attached hydrogens (tertiary/aromatic N) is 3. The fraction of sp³-hybridized carbons (Fsp3) is 0.625. The molecular formula is C16H23N3O2. The van der Waals surface area contributed by atoms with Crippen LogP contribution in [0.1, 0.15) is 33.6 Å². The highest BCUT2D eigenvalue weighted by Gasteiger charge is 2.54. The number of anilines is 1. The molecule has 1 aromatic rings. The predicted octanol–water partition coefficient (Wildman–Crippen LogP) is 2.67. The SMILES string of the molecule is CC(C)(C)OC(=O)N1CCN(c2ccncc2)CC12CC2. The Kier molecular flexibility index (Phi) is 3.30. The summed E-state index contributed by atoms with van der Waals surface area (Å²) in [4.78, 5) is 20.7. The van der Waals surface area contributed by atoms with Crippen molar-refractivity contribution in [1.82, 2.24) is 9.88 Å².